The first-order valence-corrected chi connectivity index (χ1v) is 6.98. The van der Waals surface area contributed by atoms with E-state index in [1.807, 2.05) is 19.1 Å². The fourth-order valence-electron chi connectivity index (χ4n) is 1.75. The van der Waals surface area contributed by atoms with Gasteiger partial charge in [0, 0.05) is 13.2 Å². The molecule has 2 N–H and O–H groups in total. The Bertz CT molecular complexity index is 642. The van der Waals surface area contributed by atoms with Crippen molar-refractivity contribution in [3.05, 3.63) is 40.9 Å². The van der Waals surface area contributed by atoms with Crippen molar-refractivity contribution in [2.75, 3.05) is 13.2 Å². The summed E-state index contributed by atoms with van der Waals surface area (Å²) in [5.41, 5.74) is 0.673. The molecule has 112 valence electrons. The molecule has 1 aromatic heterocycles. The van der Waals surface area contributed by atoms with Crippen molar-refractivity contribution >= 4 is 17.5 Å². The molecule has 1 atom stereocenters. The van der Waals surface area contributed by atoms with Crippen LogP contribution >= 0.6 is 11.6 Å². The number of hydrogen-bond acceptors (Lipinski definition) is 4. The maximum atomic E-state index is 12.0. The maximum Gasteiger partial charge on any atom is 0.290 e. The van der Waals surface area contributed by atoms with Crippen LogP contribution in [-0.2, 0) is 0 Å². The summed E-state index contributed by atoms with van der Waals surface area (Å²) in [7, 11) is 0. The number of carbonyl (C=O) groups excluding carboxylic acids is 1. The molecule has 21 heavy (non-hydrogen) atoms. The smallest absolute Gasteiger partial charge is 0.290 e. The first kappa shape index (κ1) is 15.5. The minimum atomic E-state index is -0.371. The van der Waals surface area contributed by atoms with Crippen LogP contribution < -0.4 is 5.32 Å². The Morgan fingerprint density at radius 1 is 1.48 bits per heavy atom. The molecule has 0 aliphatic rings. The van der Waals surface area contributed by atoms with Crippen LogP contribution in [0.5, 0.6) is 0 Å². The number of benzene rings is 1. The summed E-state index contributed by atoms with van der Waals surface area (Å²) in [4.78, 5) is 16.1. The van der Waals surface area contributed by atoms with Gasteiger partial charge in [0.05, 0.1) is 10.7 Å². The van der Waals surface area contributed by atoms with E-state index >= 15 is 0 Å². The highest BCUT2D eigenvalue weighted by molar-refractivity contribution is 6.32. The molecule has 0 saturated heterocycles. The Balaban J connectivity index is 2.20. The van der Waals surface area contributed by atoms with Crippen LogP contribution in [0.15, 0.2) is 24.3 Å². The lowest BCUT2D eigenvalue weighted by molar-refractivity contribution is 0.0932. The third-order valence-electron chi connectivity index (χ3n) is 2.98. The topological polar surface area (TPSA) is 80.0 Å². The number of amides is 1. The number of aryl methyl sites for hydroxylation is 1. The second-order valence-electron chi connectivity index (χ2n) is 4.84. The van der Waals surface area contributed by atoms with Gasteiger partial charge in [-0.05, 0) is 25.0 Å². The average Bonchev–Trinajstić information content (AvgIpc) is 2.86. The molecule has 1 unspecified atom stereocenters. The second-order valence-corrected chi connectivity index (χ2v) is 5.25. The molecule has 0 spiro atoms. The molecule has 0 radical (unpaired) electrons. The molecular formula is C14H17ClN4O2. The molecule has 0 aliphatic heterocycles. The van der Waals surface area contributed by atoms with Gasteiger partial charge >= 0.3 is 0 Å². The van der Waals surface area contributed by atoms with E-state index in [9.17, 15) is 4.79 Å². The predicted molar refractivity (Wildman–Crippen MR) is 79.7 cm³/mol. The van der Waals surface area contributed by atoms with Crippen LogP contribution in [0.25, 0.3) is 5.69 Å². The number of halogens is 1. The number of rotatable bonds is 5. The Kier molecular flexibility index (Phi) is 4.93. The lowest BCUT2D eigenvalue weighted by Crippen LogP contribution is -2.30. The van der Waals surface area contributed by atoms with Crippen LogP contribution in [-0.4, -0.2) is 38.9 Å². The number of carbonyl (C=O) groups is 1. The molecule has 2 aromatic rings. The van der Waals surface area contributed by atoms with Crippen LogP contribution in [0.2, 0.25) is 5.02 Å². The Labute approximate surface area is 127 Å². The fraction of sp³-hybridized carbons (Fsp3) is 0.357. The number of aromatic nitrogens is 3. The van der Waals surface area contributed by atoms with E-state index in [0.717, 1.165) is 0 Å². The van der Waals surface area contributed by atoms with Gasteiger partial charge in [0.2, 0.25) is 5.82 Å². The number of aliphatic hydroxyl groups excluding tert-OH is 1. The molecule has 7 heteroatoms. The Morgan fingerprint density at radius 2 is 2.19 bits per heavy atom. The van der Waals surface area contributed by atoms with Crippen molar-refractivity contribution in [3.8, 4) is 5.69 Å². The van der Waals surface area contributed by atoms with Crippen LogP contribution in [0.4, 0.5) is 0 Å². The molecule has 1 amide bonds. The van der Waals surface area contributed by atoms with Crippen LogP contribution in [0.1, 0.15) is 23.4 Å². The van der Waals surface area contributed by atoms with Crippen molar-refractivity contribution in [1.82, 2.24) is 20.1 Å². The minimum absolute atomic E-state index is 0.0132. The predicted octanol–water partition coefficient (Wildman–Crippen LogP) is 1.59. The van der Waals surface area contributed by atoms with E-state index in [1.54, 1.807) is 19.1 Å². The molecule has 1 aromatic carbocycles. The number of aliphatic hydroxyl groups is 1. The third kappa shape index (κ3) is 3.59. The van der Waals surface area contributed by atoms with Crippen molar-refractivity contribution < 1.29 is 9.90 Å². The average molecular weight is 309 g/mol. The zero-order valence-corrected chi connectivity index (χ0v) is 12.6. The van der Waals surface area contributed by atoms with Gasteiger partial charge in [-0.1, -0.05) is 30.7 Å². The highest BCUT2D eigenvalue weighted by Gasteiger charge is 2.16. The summed E-state index contributed by atoms with van der Waals surface area (Å²) in [6.45, 7) is 3.97. The Morgan fingerprint density at radius 3 is 2.86 bits per heavy atom. The third-order valence-corrected chi connectivity index (χ3v) is 3.30. The Hall–Kier alpha value is -1.92. The van der Waals surface area contributed by atoms with Gasteiger partial charge in [-0.15, -0.1) is 5.10 Å². The SMILES string of the molecule is Cc1nc(C(=O)NCC(C)CO)nn1-c1ccccc1Cl. The fourth-order valence-corrected chi connectivity index (χ4v) is 1.96. The molecule has 2 rings (SSSR count). The van der Waals surface area contributed by atoms with E-state index in [-0.39, 0.29) is 24.3 Å². The molecule has 0 bridgehead atoms. The summed E-state index contributed by atoms with van der Waals surface area (Å²) >= 11 is 6.12. The number of hydrogen-bond donors (Lipinski definition) is 2. The number of nitrogens with one attached hydrogen (secondary N) is 1. The van der Waals surface area contributed by atoms with E-state index in [0.29, 0.717) is 23.1 Å². The molecule has 0 fully saturated rings. The van der Waals surface area contributed by atoms with Gasteiger partial charge < -0.3 is 10.4 Å². The molecule has 1 heterocycles. The summed E-state index contributed by atoms with van der Waals surface area (Å²) in [6, 6.07) is 7.22. The standard InChI is InChI=1S/C14H17ClN4O2/c1-9(8-20)7-16-14(21)13-17-10(2)19(18-13)12-6-4-3-5-11(12)15/h3-6,9,20H,7-8H2,1-2H3,(H,16,21). The van der Waals surface area contributed by atoms with Crippen molar-refractivity contribution in [1.29, 1.82) is 0 Å². The molecule has 6 nitrogen and oxygen atoms in total. The zero-order valence-electron chi connectivity index (χ0n) is 11.9. The first-order valence-electron chi connectivity index (χ1n) is 6.60. The van der Waals surface area contributed by atoms with Gasteiger partial charge in [0.15, 0.2) is 0 Å². The molecular weight excluding hydrogens is 292 g/mol. The van der Waals surface area contributed by atoms with Gasteiger partial charge in [-0.3, -0.25) is 4.79 Å². The molecule has 0 aliphatic carbocycles. The van der Waals surface area contributed by atoms with Gasteiger partial charge in [-0.25, -0.2) is 9.67 Å². The monoisotopic (exact) mass is 308 g/mol. The van der Waals surface area contributed by atoms with Gasteiger partial charge in [0.1, 0.15) is 5.82 Å². The van der Waals surface area contributed by atoms with E-state index < -0.39 is 0 Å². The minimum Gasteiger partial charge on any atom is -0.396 e. The summed E-state index contributed by atoms with van der Waals surface area (Å²) in [5.74, 6) is 0.269. The largest absolute Gasteiger partial charge is 0.396 e. The van der Waals surface area contributed by atoms with E-state index in [4.69, 9.17) is 16.7 Å². The second kappa shape index (κ2) is 6.69. The highest BCUT2D eigenvalue weighted by Crippen LogP contribution is 2.20. The lowest BCUT2D eigenvalue weighted by Gasteiger charge is -2.07. The zero-order chi connectivity index (χ0) is 15.4. The van der Waals surface area contributed by atoms with Crippen molar-refractivity contribution in [3.63, 3.8) is 0 Å². The summed E-state index contributed by atoms with van der Waals surface area (Å²) < 4.78 is 1.53. The maximum absolute atomic E-state index is 12.0. The van der Waals surface area contributed by atoms with E-state index in [1.165, 1.54) is 4.68 Å². The normalized spacial score (nSPS) is 12.2. The van der Waals surface area contributed by atoms with Gasteiger partial charge in [-0.2, -0.15) is 0 Å². The van der Waals surface area contributed by atoms with Crippen molar-refractivity contribution in [2.24, 2.45) is 5.92 Å². The van der Waals surface area contributed by atoms with Crippen molar-refractivity contribution in [2.45, 2.75) is 13.8 Å². The first-order chi connectivity index (χ1) is 10.0. The lowest BCUT2D eigenvalue weighted by atomic mass is 10.2. The number of para-hydroxylation sites is 1. The van der Waals surface area contributed by atoms with Crippen LogP contribution in [0.3, 0.4) is 0 Å². The van der Waals surface area contributed by atoms with Crippen LogP contribution in [0, 0.1) is 12.8 Å². The van der Waals surface area contributed by atoms with Gasteiger partial charge in [0.25, 0.3) is 5.91 Å². The van der Waals surface area contributed by atoms with E-state index in [2.05, 4.69) is 15.4 Å². The summed E-state index contributed by atoms with van der Waals surface area (Å²) in [6.07, 6.45) is 0. The summed E-state index contributed by atoms with van der Waals surface area (Å²) in [5, 5.41) is 16.4. The molecule has 0 saturated carbocycles. The quantitative estimate of drug-likeness (QED) is 0.879. The number of nitrogens with zero attached hydrogens (tertiary/aromatic N) is 3. The highest BCUT2D eigenvalue weighted by atomic mass is 35.5.